The van der Waals surface area contributed by atoms with Crippen LogP contribution in [0.25, 0.3) is 10.9 Å². The molecule has 2 aliphatic rings. The monoisotopic (exact) mass is 494 g/mol. The second-order valence-corrected chi connectivity index (χ2v) is 10.6. The van der Waals surface area contributed by atoms with Crippen LogP contribution in [-0.2, 0) is 18.3 Å². The first-order valence-electron chi connectivity index (χ1n) is 11.2. The Morgan fingerprint density at radius 1 is 1.37 bits per heavy atom. The Bertz CT molecular complexity index is 1410. The SMILES string of the molecule is Cn1c(=O)c(C(=O)NCc2ccc(C#N)c(F)c2)cc2ccnc(OCC3(SC4COC4)CC3)c21. The number of nitriles is 1. The van der Waals surface area contributed by atoms with Crippen molar-refractivity contribution in [3.05, 3.63) is 69.4 Å². The fourth-order valence-electron chi connectivity index (χ4n) is 3.98. The summed E-state index contributed by atoms with van der Waals surface area (Å²) in [5.41, 5.74) is 0.411. The summed E-state index contributed by atoms with van der Waals surface area (Å²) in [5.74, 6) is -0.875. The maximum atomic E-state index is 13.8. The van der Waals surface area contributed by atoms with Gasteiger partial charge in [-0.25, -0.2) is 9.37 Å². The lowest BCUT2D eigenvalue weighted by Crippen LogP contribution is -2.34. The van der Waals surface area contributed by atoms with Crippen molar-refractivity contribution < 1.29 is 18.7 Å². The lowest BCUT2D eigenvalue weighted by Gasteiger charge is -2.29. The van der Waals surface area contributed by atoms with Gasteiger partial charge in [0, 0.05) is 25.2 Å². The molecular formula is C25H23FN4O4S. The number of pyridine rings is 2. The van der Waals surface area contributed by atoms with Crippen LogP contribution in [-0.4, -0.2) is 45.3 Å². The Morgan fingerprint density at radius 3 is 2.83 bits per heavy atom. The molecule has 1 amide bonds. The van der Waals surface area contributed by atoms with Crippen molar-refractivity contribution in [2.24, 2.45) is 7.05 Å². The number of fused-ring (bicyclic) bond motifs is 1. The topological polar surface area (TPSA) is 106 Å². The van der Waals surface area contributed by atoms with E-state index >= 15 is 0 Å². The van der Waals surface area contributed by atoms with Gasteiger partial charge in [0.05, 0.1) is 28.8 Å². The highest BCUT2D eigenvalue weighted by Crippen LogP contribution is 2.51. The minimum Gasteiger partial charge on any atom is -0.475 e. The van der Waals surface area contributed by atoms with Crippen LogP contribution in [0, 0.1) is 17.1 Å². The molecule has 1 aromatic carbocycles. The van der Waals surface area contributed by atoms with E-state index < -0.39 is 17.3 Å². The second-order valence-electron chi connectivity index (χ2n) is 8.83. The third-order valence-electron chi connectivity index (χ3n) is 6.25. The first-order valence-corrected chi connectivity index (χ1v) is 12.1. The van der Waals surface area contributed by atoms with Gasteiger partial charge in [-0.15, -0.1) is 11.8 Å². The molecule has 0 radical (unpaired) electrons. The molecule has 1 saturated carbocycles. The second kappa shape index (κ2) is 9.32. The van der Waals surface area contributed by atoms with Gasteiger partial charge in [0.2, 0.25) is 5.88 Å². The van der Waals surface area contributed by atoms with E-state index in [4.69, 9.17) is 14.7 Å². The molecule has 35 heavy (non-hydrogen) atoms. The average molecular weight is 495 g/mol. The van der Waals surface area contributed by atoms with E-state index in [0.29, 0.717) is 34.2 Å². The predicted molar refractivity (Wildman–Crippen MR) is 129 cm³/mol. The van der Waals surface area contributed by atoms with Crippen molar-refractivity contribution in [2.45, 2.75) is 29.4 Å². The zero-order valence-corrected chi connectivity index (χ0v) is 19.9. The van der Waals surface area contributed by atoms with Gasteiger partial charge in [0.25, 0.3) is 11.5 Å². The molecule has 8 nitrogen and oxygen atoms in total. The Balaban J connectivity index is 1.33. The Labute approximate surface area is 205 Å². The van der Waals surface area contributed by atoms with Gasteiger partial charge in [-0.2, -0.15) is 5.26 Å². The highest BCUT2D eigenvalue weighted by atomic mass is 32.2. The molecular weight excluding hydrogens is 471 g/mol. The van der Waals surface area contributed by atoms with Gasteiger partial charge in [0.1, 0.15) is 29.6 Å². The quantitative estimate of drug-likeness (QED) is 0.513. The summed E-state index contributed by atoms with van der Waals surface area (Å²) in [5, 5.41) is 12.7. The molecule has 1 aliphatic heterocycles. The minimum absolute atomic E-state index is 0.0130. The molecule has 10 heteroatoms. The van der Waals surface area contributed by atoms with Crippen LogP contribution < -0.4 is 15.6 Å². The smallest absolute Gasteiger partial charge is 0.263 e. The summed E-state index contributed by atoms with van der Waals surface area (Å²) in [4.78, 5) is 30.2. The summed E-state index contributed by atoms with van der Waals surface area (Å²) < 4.78 is 26.7. The number of hydrogen-bond donors (Lipinski definition) is 1. The number of carbonyl (C=O) groups excluding carboxylic acids is 1. The number of thioether (sulfide) groups is 1. The third kappa shape index (κ3) is 4.74. The molecule has 1 N–H and O–H groups in total. The maximum Gasteiger partial charge on any atom is 0.263 e. The van der Waals surface area contributed by atoms with Crippen molar-refractivity contribution in [2.75, 3.05) is 19.8 Å². The fraction of sp³-hybridized carbons (Fsp3) is 0.360. The Morgan fingerprint density at radius 2 is 2.17 bits per heavy atom. The van der Waals surface area contributed by atoms with Crippen molar-refractivity contribution in [3.63, 3.8) is 0 Å². The number of rotatable bonds is 8. The van der Waals surface area contributed by atoms with Gasteiger partial charge in [-0.1, -0.05) is 6.07 Å². The zero-order chi connectivity index (χ0) is 24.6. The van der Waals surface area contributed by atoms with E-state index in [2.05, 4.69) is 10.3 Å². The molecule has 1 saturated heterocycles. The van der Waals surface area contributed by atoms with Crippen LogP contribution in [0.3, 0.4) is 0 Å². The lowest BCUT2D eigenvalue weighted by molar-refractivity contribution is 0.0450. The number of benzene rings is 1. The molecule has 2 aromatic heterocycles. The normalized spacial score (nSPS) is 16.4. The van der Waals surface area contributed by atoms with Crippen LogP contribution in [0.2, 0.25) is 0 Å². The summed E-state index contributed by atoms with van der Waals surface area (Å²) >= 11 is 1.91. The van der Waals surface area contributed by atoms with E-state index in [9.17, 15) is 14.0 Å². The standard InChI is InChI=1S/C25H23FN4O4S/c1-30-21-16(4-7-28-23(21)34-14-25(5-6-25)35-18-12-33-13-18)9-19(24(30)32)22(31)29-11-15-2-3-17(10-27)20(26)8-15/h2-4,7-9,18H,5-6,11-14H2,1H3,(H,29,31). The molecule has 3 heterocycles. The number of nitrogens with zero attached hydrogens (tertiary/aromatic N) is 3. The maximum absolute atomic E-state index is 13.8. The lowest BCUT2D eigenvalue weighted by atomic mass is 10.1. The number of hydrogen-bond acceptors (Lipinski definition) is 7. The van der Waals surface area contributed by atoms with Crippen LogP contribution in [0.1, 0.15) is 34.3 Å². The number of ether oxygens (including phenoxy) is 2. The highest BCUT2D eigenvalue weighted by molar-refractivity contribution is 8.01. The first kappa shape index (κ1) is 23.3. The molecule has 0 unspecified atom stereocenters. The van der Waals surface area contributed by atoms with Crippen molar-refractivity contribution in [1.29, 1.82) is 5.26 Å². The summed E-state index contributed by atoms with van der Waals surface area (Å²) in [6.45, 7) is 2.06. The van der Waals surface area contributed by atoms with Gasteiger partial charge < -0.3 is 19.4 Å². The number of nitrogens with one attached hydrogen (secondary N) is 1. The van der Waals surface area contributed by atoms with Crippen LogP contribution in [0.15, 0.2) is 41.3 Å². The first-order chi connectivity index (χ1) is 16.9. The zero-order valence-electron chi connectivity index (χ0n) is 19.0. The van der Waals surface area contributed by atoms with Crippen molar-refractivity contribution in [3.8, 4) is 11.9 Å². The van der Waals surface area contributed by atoms with Crippen LogP contribution >= 0.6 is 11.8 Å². The molecule has 2 fully saturated rings. The van der Waals surface area contributed by atoms with Gasteiger partial charge in [-0.05, 0) is 42.7 Å². The summed E-state index contributed by atoms with van der Waals surface area (Å²) in [6.07, 6.45) is 3.74. The van der Waals surface area contributed by atoms with E-state index in [1.807, 2.05) is 11.8 Å². The van der Waals surface area contributed by atoms with Crippen LogP contribution in [0.5, 0.6) is 5.88 Å². The number of carbonyl (C=O) groups is 1. The third-order valence-corrected chi connectivity index (χ3v) is 7.88. The average Bonchev–Trinajstić information content (AvgIpc) is 3.60. The summed E-state index contributed by atoms with van der Waals surface area (Å²) in [7, 11) is 1.58. The van der Waals surface area contributed by atoms with E-state index in [0.717, 1.165) is 26.1 Å². The van der Waals surface area contributed by atoms with E-state index in [1.54, 1.807) is 31.4 Å². The molecule has 0 spiro atoms. The molecule has 0 bridgehead atoms. The van der Waals surface area contributed by atoms with Gasteiger partial charge >= 0.3 is 0 Å². The molecule has 1 aliphatic carbocycles. The highest BCUT2D eigenvalue weighted by Gasteiger charge is 2.47. The fourth-order valence-corrected chi connectivity index (χ4v) is 5.48. The van der Waals surface area contributed by atoms with E-state index in [1.165, 1.54) is 22.8 Å². The van der Waals surface area contributed by atoms with E-state index in [-0.39, 0.29) is 22.4 Å². The number of amides is 1. The Hall–Kier alpha value is -3.42. The molecule has 3 aromatic rings. The van der Waals surface area contributed by atoms with Crippen molar-refractivity contribution in [1.82, 2.24) is 14.9 Å². The van der Waals surface area contributed by atoms with Crippen LogP contribution in [0.4, 0.5) is 4.39 Å². The van der Waals surface area contributed by atoms with Crippen molar-refractivity contribution >= 4 is 28.6 Å². The van der Waals surface area contributed by atoms with Gasteiger partial charge in [-0.3, -0.25) is 9.59 Å². The Kier molecular flexibility index (Phi) is 6.21. The largest absolute Gasteiger partial charge is 0.475 e. The predicted octanol–water partition coefficient (Wildman–Crippen LogP) is 2.92. The summed E-state index contributed by atoms with van der Waals surface area (Å²) in [6, 6.07) is 9.10. The minimum atomic E-state index is -0.659. The molecule has 0 atom stereocenters. The number of aryl methyl sites for hydroxylation is 1. The van der Waals surface area contributed by atoms with Gasteiger partial charge in [0.15, 0.2) is 0 Å². The molecule has 5 rings (SSSR count). The molecule has 180 valence electrons. The number of halogens is 1. The number of aromatic nitrogens is 2.